The van der Waals surface area contributed by atoms with Gasteiger partial charge in [0.1, 0.15) is 0 Å². The van der Waals surface area contributed by atoms with Crippen LogP contribution in [0.2, 0.25) is 0 Å². The van der Waals surface area contributed by atoms with E-state index >= 15 is 0 Å². The molecule has 1 aliphatic rings. The van der Waals surface area contributed by atoms with Crippen molar-refractivity contribution in [1.82, 2.24) is 4.72 Å². The molecule has 2 atom stereocenters. The summed E-state index contributed by atoms with van der Waals surface area (Å²) in [6.45, 7) is 5.99. The Bertz CT molecular complexity index is 476. The van der Waals surface area contributed by atoms with Crippen LogP contribution < -0.4 is 10.5 Å². The van der Waals surface area contributed by atoms with Crippen molar-refractivity contribution >= 4 is 16.7 Å². The molecule has 0 bridgehead atoms. The fraction of sp³-hybridized carbons (Fsp3) is 0.625. The second-order valence-electron chi connectivity index (χ2n) is 6.65. The third kappa shape index (κ3) is 3.61. The van der Waals surface area contributed by atoms with Gasteiger partial charge in [0.25, 0.3) is 0 Å². The molecule has 0 radical (unpaired) electrons. The Morgan fingerprint density at radius 3 is 2.40 bits per heavy atom. The Balaban J connectivity index is 2.26. The Hall–Kier alpha value is -0.870. The highest BCUT2D eigenvalue weighted by Crippen LogP contribution is 2.38. The zero-order valence-electron chi connectivity index (χ0n) is 12.7. The molecule has 0 aliphatic heterocycles. The van der Waals surface area contributed by atoms with Crippen molar-refractivity contribution in [1.29, 1.82) is 0 Å². The predicted octanol–water partition coefficient (Wildman–Crippen LogP) is 3.55. The molecule has 4 heteroatoms. The molecule has 0 amide bonds. The molecule has 0 saturated heterocycles. The van der Waals surface area contributed by atoms with Crippen molar-refractivity contribution in [3.05, 3.63) is 29.8 Å². The van der Waals surface area contributed by atoms with Crippen LogP contribution in [0.25, 0.3) is 0 Å². The molecule has 1 aromatic rings. The number of nitrogens with two attached hydrogens (primary N) is 1. The highest BCUT2D eigenvalue weighted by molar-refractivity contribution is 7.84. The average Bonchev–Trinajstić information content (AvgIpc) is 2.89. The summed E-state index contributed by atoms with van der Waals surface area (Å²) in [7, 11) is -1.08. The lowest BCUT2D eigenvalue weighted by Gasteiger charge is -2.29. The first-order chi connectivity index (χ1) is 9.39. The number of nitrogen functional groups attached to an aromatic ring is 1. The smallest absolute Gasteiger partial charge is 0.0976 e. The molecule has 2 rings (SSSR count). The highest BCUT2D eigenvalue weighted by Gasteiger charge is 2.31. The standard InChI is InChI=1S/C16H26N2OS/c1-16(2,3)20(19)18-15(12-8-4-5-9-12)13-10-6-7-11-14(13)17/h6-7,10-12,15,18H,4-5,8-9,17H2,1-3H3/t15-,20-/m1/s1. The third-order valence-electron chi connectivity index (χ3n) is 3.99. The Morgan fingerprint density at radius 1 is 1.25 bits per heavy atom. The van der Waals surface area contributed by atoms with E-state index in [0.717, 1.165) is 11.3 Å². The molecule has 3 nitrogen and oxygen atoms in total. The number of nitrogens with one attached hydrogen (secondary N) is 1. The van der Waals surface area contributed by atoms with E-state index in [4.69, 9.17) is 5.73 Å². The molecule has 0 spiro atoms. The monoisotopic (exact) mass is 294 g/mol. The van der Waals surface area contributed by atoms with Crippen molar-refractivity contribution < 1.29 is 4.21 Å². The highest BCUT2D eigenvalue weighted by atomic mass is 32.2. The van der Waals surface area contributed by atoms with E-state index < -0.39 is 11.0 Å². The Morgan fingerprint density at radius 2 is 1.85 bits per heavy atom. The van der Waals surface area contributed by atoms with Gasteiger partial charge in [0, 0.05) is 11.7 Å². The van der Waals surface area contributed by atoms with Crippen LogP contribution in [0.15, 0.2) is 24.3 Å². The van der Waals surface area contributed by atoms with Crippen LogP contribution in [0.1, 0.15) is 58.1 Å². The zero-order valence-corrected chi connectivity index (χ0v) is 13.5. The second-order valence-corrected chi connectivity index (χ2v) is 8.65. The largest absolute Gasteiger partial charge is 0.398 e. The van der Waals surface area contributed by atoms with Gasteiger partial charge < -0.3 is 5.73 Å². The van der Waals surface area contributed by atoms with E-state index in [1.165, 1.54) is 25.7 Å². The molecule has 0 heterocycles. The molecule has 1 aromatic carbocycles. The maximum Gasteiger partial charge on any atom is 0.0976 e. The van der Waals surface area contributed by atoms with Crippen LogP contribution in [0.4, 0.5) is 5.69 Å². The molecule has 0 aromatic heterocycles. The number of hydrogen-bond acceptors (Lipinski definition) is 2. The van der Waals surface area contributed by atoms with Gasteiger partial charge in [0.15, 0.2) is 0 Å². The van der Waals surface area contributed by atoms with E-state index in [2.05, 4.69) is 10.8 Å². The summed E-state index contributed by atoms with van der Waals surface area (Å²) in [6.07, 6.45) is 4.90. The molecule has 1 saturated carbocycles. The molecule has 3 N–H and O–H groups in total. The molecular weight excluding hydrogens is 268 g/mol. The van der Waals surface area contributed by atoms with Gasteiger partial charge in [-0.05, 0) is 51.2 Å². The van der Waals surface area contributed by atoms with Crippen LogP contribution in [0.3, 0.4) is 0 Å². The minimum atomic E-state index is -1.08. The van der Waals surface area contributed by atoms with Crippen LogP contribution >= 0.6 is 0 Å². The first-order valence-corrected chi connectivity index (χ1v) is 8.57. The fourth-order valence-electron chi connectivity index (χ4n) is 2.79. The Kier molecular flexibility index (Phi) is 4.86. The molecule has 112 valence electrons. The zero-order chi connectivity index (χ0) is 14.8. The van der Waals surface area contributed by atoms with E-state index in [9.17, 15) is 4.21 Å². The quantitative estimate of drug-likeness (QED) is 0.834. The summed E-state index contributed by atoms with van der Waals surface area (Å²) in [5.41, 5.74) is 8.02. The van der Waals surface area contributed by atoms with Gasteiger partial charge in [-0.15, -0.1) is 0 Å². The minimum absolute atomic E-state index is 0.0961. The van der Waals surface area contributed by atoms with Crippen LogP contribution in [-0.2, 0) is 11.0 Å². The van der Waals surface area contributed by atoms with E-state index in [1.54, 1.807) is 0 Å². The fourth-order valence-corrected chi connectivity index (χ4v) is 3.69. The normalized spacial score (nSPS) is 19.9. The second kappa shape index (κ2) is 6.27. The summed E-state index contributed by atoms with van der Waals surface area (Å²) >= 11 is 0. The van der Waals surface area contributed by atoms with Crippen LogP contribution in [-0.4, -0.2) is 8.96 Å². The van der Waals surface area contributed by atoms with Gasteiger partial charge in [-0.2, -0.15) is 0 Å². The average molecular weight is 294 g/mol. The summed E-state index contributed by atoms with van der Waals surface area (Å²) in [4.78, 5) is 0. The maximum atomic E-state index is 12.5. The van der Waals surface area contributed by atoms with Crippen molar-refractivity contribution in [2.45, 2.75) is 57.2 Å². The summed E-state index contributed by atoms with van der Waals surface area (Å²) in [5, 5.41) is 0. The van der Waals surface area contributed by atoms with Gasteiger partial charge in [-0.1, -0.05) is 31.0 Å². The Labute approximate surface area is 124 Å². The number of benzene rings is 1. The van der Waals surface area contributed by atoms with E-state index in [1.807, 2.05) is 39.0 Å². The van der Waals surface area contributed by atoms with Crippen molar-refractivity contribution in [2.24, 2.45) is 5.92 Å². The molecule has 1 aliphatic carbocycles. The molecule has 20 heavy (non-hydrogen) atoms. The number of para-hydroxylation sites is 1. The lowest BCUT2D eigenvalue weighted by molar-refractivity contribution is 0.417. The topological polar surface area (TPSA) is 55.1 Å². The van der Waals surface area contributed by atoms with Gasteiger partial charge in [-0.3, -0.25) is 0 Å². The summed E-state index contributed by atoms with van der Waals surface area (Å²) < 4.78 is 15.6. The third-order valence-corrected chi connectivity index (χ3v) is 5.57. The van der Waals surface area contributed by atoms with E-state index in [-0.39, 0.29) is 10.8 Å². The lowest BCUT2D eigenvalue weighted by Crippen LogP contribution is -2.38. The molecule has 0 unspecified atom stereocenters. The molecule has 1 fully saturated rings. The number of anilines is 1. The lowest BCUT2D eigenvalue weighted by atomic mass is 9.91. The minimum Gasteiger partial charge on any atom is -0.398 e. The van der Waals surface area contributed by atoms with Crippen molar-refractivity contribution in [3.8, 4) is 0 Å². The van der Waals surface area contributed by atoms with E-state index in [0.29, 0.717) is 5.92 Å². The summed E-state index contributed by atoms with van der Waals surface area (Å²) in [6, 6.07) is 8.05. The molecular formula is C16H26N2OS. The van der Waals surface area contributed by atoms with Crippen molar-refractivity contribution in [3.63, 3.8) is 0 Å². The van der Waals surface area contributed by atoms with Gasteiger partial charge >= 0.3 is 0 Å². The first-order valence-electron chi connectivity index (χ1n) is 7.42. The first kappa shape index (κ1) is 15.5. The van der Waals surface area contributed by atoms with Gasteiger partial charge in [-0.25, -0.2) is 8.93 Å². The van der Waals surface area contributed by atoms with Crippen LogP contribution in [0, 0.1) is 5.92 Å². The van der Waals surface area contributed by atoms with Gasteiger partial charge in [0.2, 0.25) is 0 Å². The number of rotatable bonds is 4. The SMILES string of the molecule is CC(C)(C)[S@@](=O)N[C@@H](c1ccccc1N)C1CCCC1. The maximum absolute atomic E-state index is 12.5. The van der Waals surface area contributed by atoms with Crippen molar-refractivity contribution in [2.75, 3.05) is 5.73 Å². The predicted molar refractivity (Wildman–Crippen MR) is 86.6 cm³/mol. The summed E-state index contributed by atoms with van der Waals surface area (Å²) in [5.74, 6) is 0.533. The number of hydrogen-bond donors (Lipinski definition) is 2. The van der Waals surface area contributed by atoms with Gasteiger partial charge in [0.05, 0.1) is 15.7 Å². The van der Waals surface area contributed by atoms with Crippen LogP contribution in [0.5, 0.6) is 0 Å².